The van der Waals surface area contributed by atoms with Gasteiger partial charge in [-0.2, -0.15) is 0 Å². The summed E-state index contributed by atoms with van der Waals surface area (Å²) in [5.74, 6) is -0.00518. The molecule has 3 N–H and O–H groups in total. The van der Waals surface area contributed by atoms with Gasteiger partial charge >= 0.3 is 0 Å². The van der Waals surface area contributed by atoms with Crippen LogP contribution in [0.5, 0.6) is 0 Å². The number of hydrogen-bond acceptors (Lipinski definition) is 4. The van der Waals surface area contributed by atoms with E-state index in [1.54, 1.807) is 7.05 Å². The lowest BCUT2D eigenvalue weighted by Gasteiger charge is -2.21. The number of hydrogen-bond donors (Lipinski definition) is 2. The van der Waals surface area contributed by atoms with Crippen LogP contribution in [-0.2, 0) is 16.1 Å². The molecule has 0 saturated heterocycles. The largest absolute Gasteiger partial charge is 0.389 e. The molecule has 0 radical (unpaired) electrons. The lowest BCUT2D eigenvalue weighted by molar-refractivity contribution is -0.131. The summed E-state index contributed by atoms with van der Waals surface area (Å²) < 4.78 is 5.45. The normalized spacial score (nSPS) is 13.7. The quantitative estimate of drug-likeness (QED) is 0.716. The number of likely N-dealkylation sites (N-methyl/N-ethyl adjacent to an activating group) is 1. The maximum absolute atomic E-state index is 11.8. The molecular weight excluding hydrogens is 268 g/mol. The fraction of sp³-hybridized carbons (Fsp3) is 0.562. The number of nitrogens with zero attached hydrogens (tertiary/aromatic N) is 1. The molecule has 0 saturated carbocycles. The van der Waals surface area contributed by atoms with Crippen molar-refractivity contribution in [3.05, 3.63) is 35.9 Å². The van der Waals surface area contributed by atoms with Crippen LogP contribution in [0.15, 0.2) is 30.3 Å². The zero-order valence-corrected chi connectivity index (χ0v) is 12.9. The van der Waals surface area contributed by atoms with Gasteiger partial charge in [-0.05, 0) is 18.9 Å². The molecular formula is C16H26N2O3. The molecule has 0 spiro atoms. The third-order valence-electron chi connectivity index (χ3n) is 3.15. The molecule has 0 aliphatic heterocycles. The summed E-state index contributed by atoms with van der Waals surface area (Å²) in [6.07, 6.45) is 0.383. The van der Waals surface area contributed by atoms with E-state index in [-0.39, 0.29) is 25.1 Å². The van der Waals surface area contributed by atoms with Crippen LogP contribution in [0.1, 0.15) is 25.3 Å². The third kappa shape index (κ3) is 7.80. The van der Waals surface area contributed by atoms with E-state index in [1.807, 2.05) is 37.3 Å². The summed E-state index contributed by atoms with van der Waals surface area (Å²) in [6, 6.07) is 9.79. The molecule has 0 bridgehead atoms. The van der Waals surface area contributed by atoms with Crippen LogP contribution < -0.4 is 5.73 Å². The van der Waals surface area contributed by atoms with Crippen molar-refractivity contribution in [1.29, 1.82) is 0 Å². The Hall–Kier alpha value is -1.43. The summed E-state index contributed by atoms with van der Waals surface area (Å²) >= 11 is 0. The smallest absolute Gasteiger partial charge is 0.222 e. The van der Waals surface area contributed by atoms with Crippen molar-refractivity contribution in [2.75, 3.05) is 20.2 Å². The number of rotatable bonds is 9. The lowest BCUT2D eigenvalue weighted by Crippen LogP contribution is -2.36. The average Bonchev–Trinajstić information content (AvgIpc) is 2.45. The summed E-state index contributed by atoms with van der Waals surface area (Å²) in [4.78, 5) is 13.3. The van der Waals surface area contributed by atoms with E-state index < -0.39 is 6.10 Å². The van der Waals surface area contributed by atoms with Crippen molar-refractivity contribution >= 4 is 5.91 Å². The SMILES string of the molecule is CC(N)CCC(=O)N(C)CC(O)COCc1ccccc1. The molecule has 1 amide bonds. The molecule has 0 aromatic heterocycles. The predicted molar refractivity (Wildman–Crippen MR) is 82.6 cm³/mol. The number of carbonyl (C=O) groups is 1. The van der Waals surface area contributed by atoms with Crippen LogP contribution in [0.2, 0.25) is 0 Å². The number of nitrogens with two attached hydrogens (primary N) is 1. The number of aliphatic hydroxyl groups excluding tert-OH is 1. The van der Waals surface area contributed by atoms with Crippen LogP contribution >= 0.6 is 0 Å². The number of aliphatic hydroxyl groups is 1. The first-order chi connectivity index (χ1) is 9.99. The monoisotopic (exact) mass is 294 g/mol. The first kappa shape index (κ1) is 17.6. The maximum atomic E-state index is 11.8. The van der Waals surface area contributed by atoms with E-state index in [9.17, 15) is 9.90 Å². The Bertz CT molecular complexity index is 409. The fourth-order valence-corrected chi connectivity index (χ4v) is 1.90. The highest BCUT2D eigenvalue weighted by Crippen LogP contribution is 2.03. The molecule has 2 atom stereocenters. The van der Waals surface area contributed by atoms with Crippen molar-refractivity contribution in [2.45, 2.75) is 38.5 Å². The van der Waals surface area contributed by atoms with Gasteiger partial charge < -0.3 is 20.5 Å². The Balaban J connectivity index is 2.20. The molecule has 1 aromatic carbocycles. The zero-order chi connectivity index (χ0) is 15.7. The predicted octanol–water partition coefficient (Wildman–Crippen LogP) is 1.15. The van der Waals surface area contributed by atoms with Crippen molar-refractivity contribution in [3.8, 4) is 0 Å². The highest BCUT2D eigenvalue weighted by molar-refractivity contribution is 5.75. The van der Waals surface area contributed by atoms with Gasteiger partial charge in [-0.1, -0.05) is 30.3 Å². The molecule has 0 fully saturated rings. The molecule has 2 unspecified atom stereocenters. The molecule has 5 nitrogen and oxygen atoms in total. The van der Waals surface area contributed by atoms with Crippen molar-refractivity contribution in [1.82, 2.24) is 4.90 Å². The summed E-state index contributed by atoms with van der Waals surface area (Å²) in [5.41, 5.74) is 6.68. The van der Waals surface area contributed by atoms with Crippen molar-refractivity contribution in [3.63, 3.8) is 0 Å². The Morgan fingerprint density at radius 2 is 2.05 bits per heavy atom. The maximum Gasteiger partial charge on any atom is 0.222 e. The Morgan fingerprint density at radius 1 is 1.38 bits per heavy atom. The Morgan fingerprint density at radius 3 is 2.67 bits per heavy atom. The van der Waals surface area contributed by atoms with Gasteiger partial charge in [-0.15, -0.1) is 0 Å². The standard InChI is InChI=1S/C16H26N2O3/c1-13(17)8-9-16(20)18(2)10-15(19)12-21-11-14-6-4-3-5-7-14/h3-7,13,15,19H,8-12,17H2,1-2H3. The Labute approximate surface area is 126 Å². The first-order valence-electron chi connectivity index (χ1n) is 7.28. The van der Waals surface area contributed by atoms with Gasteiger partial charge in [0, 0.05) is 26.1 Å². The number of amides is 1. The minimum Gasteiger partial charge on any atom is -0.389 e. The van der Waals surface area contributed by atoms with Crippen LogP contribution in [0.25, 0.3) is 0 Å². The van der Waals surface area contributed by atoms with E-state index in [4.69, 9.17) is 10.5 Å². The van der Waals surface area contributed by atoms with E-state index >= 15 is 0 Å². The van der Waals surface area contributed by atoms with Gasteiger partial charge in [0.05, 0.1) is 19.3 Å². The number of carbonyl (C=O) groups excluding carboxylic acids is 1. The molecule has 0 aliphatic rings. The number of ether oxygens (including phenoxy) is 1. The van der Waals surface area contributed by atoms with Crippen LogP contribution in [-0.4, -0.2) is 48.3 Å². The van der Waals surface area contributed by atoms with Gasteiger partial charge in [0.1, 0.15) is 0 Å². The van der Waals surface area contributed by atoms with Crippen LogP contribution in [0.4, 0.5) is 0 Å². The molecule has 118 valence electrons. The highest BCUT2D eigenvalue weighted by Gasteiger charge is 2.14. The molecule has 0 heterocycles. The van der Waals surface area contributed by atoms with Crippen molar-refractivity contribution in [2.24, 2.45) is 5.73 Å². The summed E-state index contributed by atoms with van der Waals surface area (Å²) in [5, 5.41) is 9.88. The molecule has 0 aliphatic carbocycles. The minimum absolute atomic E-state index is 0.00518. The molecule has 1 rings (SSSR count). The van der Waals surface area contributed by atoms with Gasteiger partial charge in [0.25, 0.3) is 0 Å². The van der Waals surface area contributed by atoms with E-state index in [1.165, 1.54) is 4.90 Å². The van der Waals surface area contributed by atoms with Gasteiger partial charge in [-0.3, -0.25) is 4.79 Å². The van der Waals surface area contributed by atoms with Gasteiger partial charge in [-0.25, -0.2) is 0 Å². The summed E-state index contributed by atoms with van der Waals surface area (Å²) in [6.45, 7) is 2.81. The van der Waals surface area contributed by atoms with Crippen LogP contribution in [0.3, 0.4) is 0 Å². The first-order valence-corrected chi connectivity index (χ1v) is 7.28. The lowest BCUT2D eigenvalue weighted by atomic mass is 10.2. The molecule has 21 heavy (non-hydrogen) atoms. The molecule has 5 heteroatoms. The zero-order valence-electron chi connectivity index (χ0n) is 12.9. The average molecular weight is 294 g/mol. The minimum atomic E-state index is -0.682. The third-order valence-corrected chi connectivity index (χ3v) is 3.15. The van der Waals surface area contributed by atoms with Crippen LogP contribution in [0, 0.1) is 0 Å². The Kier molecular flexibility index (Phi) is 7.97. The highest BCUT2D eigenvalue weighted by atomic mass is 16.5. The van der Waals surface area contributed by atoms with E-state index in [0.29, 0.717) is 19.4 Å². The topological polar surface area (TPSA) is 75.8 Å². The second kappa shape index (κ2) is 9.50. The second-order valence-electron chi connectivity index (χ2n) is 5.44. The summed E-state index contributed by atoms with van der Waals surface area (Å²) in [7, 11) is 1.68. The number of benzene rings is 1. The van der Waals surface area contributed by atoms with Gasteiger partial charge in [0.2, 0.25) is 5.91 Å². The van der Waals surface area contributed by atoms with E-state index in [0.717, 1.165) is 5.56 Å². The van der Waals surface area contributed by atoms with Crippen molar-refractivity contribution < 1.29 is 14.6 Å². The van der Waals surface area contributed by atoms with E-state index in [2.05, 4.69) is 0 Å². The molecule has 1 aromatic rings. The fourth-order valence-electron chi connectivity index (χ4n) is 1.90. The van der Waals surface area contributed by atoms with Gasteiger partial charge in [0.15, 0.2) is 0 Å². The second-order valence-corrected chi connectivity index (χ2v) is 5.44.